The summed E-state index contributed by atoms with van der Waals surface area (Å²) in [6.45, 7) is 10.2. The van der Waals surface area contributed by atoms with Crippen LogP contribution < -0.4 is 20.3 Å². The van der Waals surface area contributed by atoms with Crippen LogP contribution in [0, 0.1) is 16.7 Å². The van der Waals surface area contributed by atoms with Gasteiger partial charge in [-0.05, 0) is 100 Å². The van der Waals surface area contributed by atoms with Crippen LogP contribution in [0.5, 0.6) is 5.75 Å². The fraction of sp³-hybridized carbons (Fsp3) is 0.595. The molecule has 0 aromatic heterocycles. The van der Waals surface area contributed by atoms with Crippen LogP contribution in [0.3, 0.4) is 0 Å². The lowest BCUT2D eigenvalue weighted by atomic mass is 9.62. The van der Waals surface area contributed by atoms with E-state index in [0.29, 0.717) is 24.1 Å². The topological polar surface area (TPSA) is 94.2 Å². The number of carbonyl (C=O) groups excluding carboxylic acids is 3. The highest BCUT2D eigenvalue weighted by Gasteiger charge is 2.64. The molecule has 0 saturated heterocycles. The Kier molecular flexibility index (Phi) is 13.2. The minimum Gasteiger partial charge on any atom is -0.497 e. The molecule has 51 heavy (non-hydrogen) atoms. The summed E-state index contributed by atoms with van der Waals surface area (Å²) in [7, 11) is 13.5. The van der Waals surface area contributed by atoms with Crippen molar-refractivity contribution in [2.24, 2.45) is 16.7 Å². The number of anilines is 1. The van der Waals surface area contributed by atoms with Crippen molar-refractivity contribution in [2.45, 2.75) is 83.7 Å². The Balaban J connectivity index is 0.000000909. The number of hydrogen-bond acceptors (Lipinski definition) is 7. The molecule has 4 atom stereocenters. The third-order valence-corrected chi connectivity index (χ3v) is 11.7. The van der Waals surface area contributed by atoms with E-state index < -0.39 is 5.41 Å². The standard InChI is InChI=1S/C38H52N4O3.C3H9N.CH2O/c1-8-40-33-21-34(37(33,2)3)42(6)36(44)38-22-31(38)30-20-27(45-7)16-14-25(30)18-29(24-12-10-9-11-13-24)28-17-15-26(35(43)39-4)19-32(28)41(5)23-38;1-4(2)3;1-2/h14-20,24,31,33-34,40H,8-13,21-23H2,1-7H3,(H,39,43);1-3H3;1H2/b29-18+;;. The van der Waals surface area contributed by atoms with Crippen molar-refractivity contribution in [3.05, 3.63) is 58.7 Å². The van der Waals surface area contributed by atoms with Crippen LogP contribution in [0.4, 0.5) is 5.69 Å². The van der Waals surface area contributed by atoms with Gasteiger partial charge >= 0.3 is 0 Å². The predicted molar refractivity (Wildman–Crippen MR) is 209 cm³/mol. The number of rotatable bonds is 7. The van der Waals surface area contributed by atoms with E-state index in [1.807, 2.05) is 52.0 Å². The second-order valence-corrected chi connectivity index (χ2v) is 16.0. The first kappa shape index (κ1) is 40.1. The molecule has 0 radical (unpaired) electrons. The van der Waals surface area contributed by atoms with E-state index >= 15 is 0 Å². The summed E-state index contributed by atoms with van der Waals surface area (Å²) >= 11 is 0. The van der Waals surface area contributed by atoms with Gasteiger partial charge in [-0.3, -0.25) is 9.59 Å². The number of amides is 2. The Morgan fingerprint density at radius 1 is 1.02 bits per heavy atom. The largest absolute Gasteiger partial charge is 0.497 e. The molecule has 9 heteroatoms. The second kappa shape index (κ2) is 16.8. The van der Waals surface area contributed by atoms with Gasteiger partial charge in [0.2, 0.25) is 5.91 Å². The van der Waals surface area contributed by atoms with Crippen molar-refractivity contribution in [1.82, 2.24) is 20.4 Å². The van der Waals surface area contributed by atoms with Gasteiger partial charge in [0.25, 0.3) is 5.91 Å². The number of nitrogens with zero attached hydrogens (tertiary/aromatic N) is 3. The Morgan fingerprint density at radius 3 is 2.27 bits per heavy atom. The highest BCUT2D eigenvalue weighted by Crippen LogP contribution is 2.63. The maximum absolute atomic E-state index is 14.8. The molecule has 1 heterocycles. The van der Waals surface area contributed by atoms with Crippen molar-refractivity contribution >= 4 is 35.9 Å². The van der Waals surface area contributed by atoms with Crippen LogP contribution in [-0.4, -0.2) is 103 Å². The number of ether oxygens (including phenoxy) is 1. The molecule has 3 fully saturated rings. The monoisotopic (exact) mass is 701 g/mol. The average molecular weight is 702 g/mol. The van der Waals surface area contributed by atoms with Gasteiger partial charge in [0.05, 0.1) is 12.5 Å². The first-order valence-corrected chi connectivity index (χ1v) is 18.7. The van der Waals surface area contributed by atoms with Gasteiger partial charge in [0.1, 0.15) is 12.5 Å². The molecular formula is C42H63N5O4. The zero-order valence-corrected chi connectivity index (χ0v) is 32.9. The maximum atomic E-state index is 14.8. The molecule has 2 aromatic rings. The number of benzene rings is 2. The van der Waals surface area contributed by atoms with E-state index in [9.17, 15) is 9.59 Å². The van der Waals surface area contributed by atoms with Gasteiger partial charge in [-0.15, -0.1) is 0 Å². The fourth-order valence-electron chi connectivity index (χ4n) is 8.83. The molecule has 3 aliphatic carbocycles. The van der Waals surface area contributed by atoms with Gasteiger partial charge in [-0.1, -0.05) is 58.2 Å². The number of nitrogens with one attached hydrogen (secondary N) is 2. The molecule has 0 spiro atoms. The molecule has 2 amide bonds. The van der Waals surface area contributed by atoms with E-state index in [1.54, 1.807) is 14.2 Å². The van der Waals surface area contributed by atoms with Crippen LogP contribution in [0.1, 0.15) is 98.7 Å². The molecule has 280 valence electrons. The quantitative estimate of drug-likeness (QED) is 0.349. The lowest BCUT2D eigenvalue weighted by molar-refractivity contribution is -0.146. The van der Waals surface area contributed by atoms with E-state index in [4.69, 9.17) is 9.53 Å². The van der Waals surface area contributed by atoms with Crippen molar-refractivity contribution in [3.8, 4) is 5.75 Å². The molecule has 2 N–H and O–H groups in total. The third kappa shape index (κ3) is 8.20. The molecule has 3 saturated carbocycles. The maximum Gasteiger partial charge on any atom is 0.251 e. The molecule has 4 aliphatic rings. The molecule has 6 rings (SSSR count). The van der Waals surface area contributed by atoms with Crippen LogP contribution in [0.15, 0.2) is 36.4 Å². The molecule has 1 aliphatic heterocycles. The number of hydrogen-bond donors (Lipinski definition) is 2. The molecule has 2 aromatic carbocycles. The van der Waals surface area contributed by atoms with Crippen molar-refractivity contribution < 1.29 is 19.1 Å². The van der Waals surface area contributed by atoms with E-state index in [1.165, 1.54) is 54.4 Å². The summed E-state index contributed by atoms with van der Waals surface area (Å²) in [6, 6.07) is 13.1. The van der Waals surface area contributed by atoms with Crippen molar-refractivity contribution in [2.75, 3.05) is 67.4 Å². The van der Waals surface area contributed by atoms with Crippen LogP contribution >= 0.6 is 0 Å². The van der Waals surface area contributed by atoms with Gasteiger partial charge < -0.3 is 34.9 Å². The van der Waals surface area contributed by atoms with Gasteiger partial charge in [0, 0.05) is 67.9 Å². The molecule has 0 bridgehead atoms. The third-order valence-electron chi connectivity index (χ3n) is 11.7. The van der Waals surface area contributed by atoms with Crippen molar-refractivity contribution in [1.29, 1.82) is 0 Å². The van der Waals surface area contributed by atoms with Crippen LogP contribution in [-0.2, 0) is 9.59 Å². The average Bonchev–Trinajstić information content (AvgIpc) is 3.86. The number of carbonyl (C=O) groups is 3. The molecule has 9 nitrogen and oxygen atoms in total. The minimum absolute atomic E-state index is 0.00286. The highest BCUT2D eigenvalue weighted by atomic mass is 16.5. The summed E-state index contributed by atoms with van der Waals surface area (Å²) in [5.41, 5.74) is 6.00. The van der Waals surface area contributed by atoms with Crippen molar-refractivity contribution in [3.63, 3.8) is 0 Å². The normalized spacial score (nSPS) is 25.7. The zero-order chi connectivity index (χ0) is 37.7. The number of allylic oxidation sites excluding steroid dienone is 1. The number of methoxy groups -OCH3 is 1. The summed E-state index contributed by atoms with van der Waals surface area (Å²) in [5.74, 6) is 1.50. The van der Waals surface area contributed by atoms with Gasteiger partial charge in [-0.25, -0.2) is 0 Å². The Morgan fingerprint density at radius 2 is 1.69 bits per heavy atom. The van der Waals surface area contributed by atoms with E-state index in [0.717, 1.165) is 30.8 Å². The van der Waals surface area contributed by atoms with Gasteiger partial charge in [-0.2, -0.15) is 0 Å². The second-order valence-electron chi connectivity index (χ2n) is 16.0. The zero-order valence-electron chi connectivity index (χ0n) is 32.9. The van der Waals surface area contributed by atoms with Crippen LogP contribution in [0.25, 0.3) is 11.6 Å². The first-order valence-electron chi connectivity index (χ1n) is 18.7. The summed E-state index contributed by atoms with van der Waals surface area (Å²) in [6.07, 6.45) is 10.2. The van der Waals surface area contributed by atoms with Gasteiger partial charge in [0.15, 0.2) is 0 Å². The lowest BCUT2D eigenvalue weighted by Gasteiger charge is -2.56. The number of fused-ring (bicyclic) bond motifs is 4. The lowest BCUT2D eigenvalue weighted by Crippen LogP contribution is -2.66. The van der Waals surface area contributed by atoms with Crippen LogP contribution in [0.2, 0.25) is 0 Å². The summed E-state index contributed by atoms with van der Waals surface area (Å²) < 4.78 is 5.74. The first-order chi connectivity index (χ1) is 24.3. The Labute approximate surface area is 307 Å². The van der Waals surface area contributed by atoms with E-state index in [2.05, 4.69) is 78.6 Å². The molecular weight excluding hydrogens is 638 g/mol. The highest BCUT2D eigenvalue weighted by molar-refractivity contribution is 5.98. The van der Waals surface area contributed by atoms with E-state index in [-0.39, 0.29) is 29.2 Å². The minimum atomic E-state index is -0.569. The summed E-state index contributed by atoms with van der Waals surface area (Å²) in [5, 5.41) is 6.43. The Hall–Kier alpha value is -3.69. The fourth-order valence-corrected chi connectivity index (χ4v) is 8.83. The smallest absolute Gasteiger partial charge is 0.251 e. The SMILES string of the molecule is C=O.CCNC1CC(N(C)C(=O)C23CC2c2cc(OC)ccc2/C=C(\C2CCCCC2)c2ccc(C(=O)NC)cc2N(C)C3)C1(C)C.CN(C)C. The Bertz CT molecular complexity index is 1560. The summed E-state index contributed by atoms with van der Waals surface area (Å²) in [4.78, 5) is 42.0. The predicted octanol–water partition coefficient (Wildman–Crippen LogP) is 6.33. The molecule has 4 unspecified atom stereocenters.